The first-order valence-corrected chi connectivity index (χ1v) is 8.15. The largest absolute Gasteiger partial charge is 0.369 e. The molecule has 0 bridgehead atoms. The number of hydrogen-bond acceptors (Lipinski definition) is 3. The molecule has 1 aromatic rings. The van der Waals surface area contributed by atoms with Crippen molar-refractivity contribution in [3.05, 3.63) is 15.6 Å². The Morgan fingerprint density at radius 1 is 1.28 bits per heavy atom. The molecule has 1 aliphatic carbocycles. The summed E-state index contributed by atoms with van der Waals surface area (Å²) >= 11 is 2.31. The first kappa shape index (κ1) is 14.0. The molecule has 0 atom stereocenters. The zero-order chi connectivity index (χ0) is 12.8. The molecule has 100 valence electrons. The number of hydrogen-bond donors (Lipinski definition) is 1. The normalized spacial score (nSPS) is 17.4. The lowest BCUT2D eigenvalue weighted by Crippen LogP contribution is -2.10. The molecule has 1 aromatic heterocycles. The summed E-state index contributed by atoms with van der Waals surface area (Å²) in [7, 11) is 0. The van der Waals surface area contributed by atoms with Gasteiger partial charge in [-0.3, -0.25) is 0 Å². The predicted molar refractivity (Wildman–Crippen MR) is 84.0 cm³/mol. The maximum atomic E-state index is 4.75. The van der Waals surface area contributed by atoms with Gasteiger partial charge in [0.25, 0.3) is 0 Å². The first-order valence-electron chi connectivity index (χ1n) is 7.07. The van der Waals surface area contributed by atoms with Crippen LogP contribution < -0.4 is 5.32 Å². The quantitative estimate of drug-likeness (QED) is 0.642. The van der Waals surface area contributed by atoms with E-state index in [1.165, 1.54) is 38.5 Å². The van der Waals surface area contributed by atoms with Crippen molar-refractivity contribution in [2.45, 2.75) is 57.8 Å². The summed E-state index contributed by atoms with van der Waals surface area (Å²) in [6.07, 6.45) is 11.0. The molecule has 0 amide bonds. The van der Waals surface area contributed by atoms with Gasteiger partial charge in [-0.25, -0.2) is 9.97 Å². The topological polar surface area (TPSA) is 37.8 Å². The Kier molecular flexibility index (Phi) is 5.66. The maximum Gasteiger partial charge on any atom is 0.143 e. The van der Waals surface area contributed by atoms with Gasteiger partial charge in [0.1, 0.15) is 11.6 Å². The zero-order valence-corrected chi connectivity index (χ0v) is 13.2. The summed E-state index contributed by atoms with van der Waals surface area (Å²) in [6.45, 7) is 3.16. The summed E-state index contributed by atoms with van der Waals surface area (Å²) < 4.78 is 1.12. The van der Waals surface area contributed by atoms with E-state index < -0.39 is 0 Å². The average Bonchev–Trinajstić information content (AvgIpc) is 2.67. The van der Waals surface area contributed by atoms with Crippen LogP contribution in [0.5, 0.6) is 0 Å². The molecule has 18 heavy (non-hydrogen) atoms. The van der Waals surface area contributed by atoms with E-state index in [1.807, 2.05) is 6.20 Å². The fourth-order valence-electron chi connectivity index (χ4n) is 2.48. The minimum absolute atomic E-state index is 0.576. The fourth-order valence-corrected chi connectivity index (χ4v) is 2.93. The molecule has 1 fully saturated rings. The summed E-state index contributed by atoms with van der Waals surface area (Å²) in [5.41, 5.74) is 0. The van der Waals surface area contributed by atoms with Crippen LogP contribution in [0.15, 0.2) is 6.20 Å². The minimum Gasteiger partial charge on any atom is -0.369 e. The van der Waals surface area contributed by atoms with Crippen LogP contribution in [0, 0.1) is 3.57 Å². The van der Waals surface area contributed by atoms with Crippen LogP contribution in [-0.4, -0.2) is 16.5 Å². The third-order valence-corrected chi connectivity index (χ3v) is 4.31. The van der Waals surface area contributed by atoms with E-state index in [0.29, 0.717) is 5.92 Å². The van der Waals surface area contributed by atoms with Gasteiger partial charge in [0.15, 0.2) is 0 Å². The van der Waals surface area contributed by atoms with Crippen molar-refractivity contribution in [2.24, 2.45) is 0 Å². The molecule has 0 saturated heterocycles. The molecular weight excluding hydrogens is 337 g/mol. The van der Waals surface area contributed by atoms with Gasteiger partial charge in [-0.05, 0) is 41.9 Å². The lowest BCUT2D eigenvalue weighted by molar-refractivity contribution is 0.560. The molecule has 0 aromatic carbocycles. The van der Waals surface area contributed by atoms with Crippen molar-refractivity contribution in [3.8, 4) is 0 Å². The van der Waals surface area contributed by atoms with Crippen LogP contribution in [0.1, 0.15) is 63.6 Å². The van der Waals surface area contributed by atoms with Crippen LogP contribution in [0.25, 0.3) is 0 Å². The molecule has 0 unspecified atom stereocenters. The zero-order valence-electron chi connectivity index (χ0n) is 11.1. The van der Waals surface area contributed by atoms with Crippen LogP contribution in [0.4, 0.5) is 5.82 Å². The van der Waals surface area contributed by atoms with E-state index in [-0.39, 0.29) is 0 Å². The van der Waals surface area contributed by atoms with Crippen molar-refractivity contribution < 1.29 is 0 Å². The Bertz CT molecular complexity index is 373. The van der Waals surface area contributed by atoms with Gasteiger partial charge in [0.2, 0.25) is 0 Å². The van der Waals surface area contributed by atoms with Crippen LogP contribution in [-0.2, 0) is 0 Å². The summed E-state index contributed by atoms with van der Waals surface area (Å²) in [5.74, 6) is 2.65. The molecule has 2 rings (SSSR count). The van der Waals surface area contributed by atoms with Crippen molar-refractivity contribution >= 4 is 28.4 Å². The summed E-state index contributed by atoms with van der Waals surface area (Å²) in [6, 6.07) is 0. The second-order valence-corrected chi connectivity index (χ2v) is 6.20. The number of rotatable bonds is 4. The van der Waals surface area contributed by atoms with Gasteiger partial charge in [-0.15, -0.1) is 0 Å². The van der Waals surface area contributed by atoms with Gasteiger partial charge in [-0.1, -0.05) is 32.6 Å². The Hall–Kier alpha value is -0.390. The van der Waals surface area contributed by atoms with E-state index in [0.717, 1.165) is 28.2 Å². The van der Waals surface area contributed by atoms with E-state index >= 15 is 0 Å². The number of halogens is 1. The molecule has 4 heteroatoms. The minimum atomic E-state index is 0.576. The summed E-state index contributed by atoms with van der Waals surface area (Å²) in [4.78, 5) is 9.30. The van der Waals surface area contributed by atoms with Gasteiger partial charge in [-0.2, -0.15) is 0 Å². The molecule has 0 spiro atoms. The predicted octanol–water partition coefficient (Wildman–Crippen LogP) is 4.34. The highest BCUT2D eigenvalue weighted by molar-refractivity contribution is 14.1. The fraction of sp³-hybridized carbons (Fsp3) is 0.714. The second kappa shape index (κ2) is 7.26. The van der Waals surface area contributed by atoms with Crippen molar-refractivity contribution in [1.29, 1.82) is 0 Å². The number of aromatic nitrogens is 2. The standard InChI is InChI=1S/C14H22IN3/c1-2-9-16-14-12(15)10-17-13(18-14)11-7-5-3-4-6-8-11/h10-11H,2-9H2,1H3,(H,16,17,18). The SMILES string of the molecule is CCCNc1nc(C2CCCCCC2)ncc1I. The Balaban J connectivity index is 2.11. The highest BCUT2D eigenvalue weighted by atomic mass is 127. The number of anilines is 1. The van der Waals surface area contributed by atoms with Crippen LogP contribution >= 0.6 is 22.6 Å². The molecule has 1 saturated carbocycles. The lowest BCUT2D eigenvalue weighted by atomic mass is 9.99. The highest BCUT2D eigenvalue weighted by Crippen LogP contribution is 2.30. The third-order valence-electron chi connectivity index (χ3n) is 3.53. The monoisotopic (exact) mass is 359 g/mol. The molecule has 3 nitrogen and oxygen atoms in total. The Labute approximate surface area is 123 Å². The number of nitrogens with one attached hydrogen (secondary N) is 1. The smallest absolute Gasteiger partial charge is 0.143 e. The molecule has 1 aliphatic rings. The van der Waals surface area contributed by atoms with Gasteiger partial charge >= 0.3 is 0 Å². The summed E-state index contributed by atoms with van der Waals surface area (Å²) in [5, 5.41) is 3.40. The van der Waals surface area contributed by atoms with Crippen molar-refractivity contribution in [3.63, 3.8) is 0 Å². The molecular formula is C14H22IN3. The van der Waals surface area contributed by atoms with Crippen LogP contribution in [0.3, 0.4) is 0 Å². The third kappa shape index (κ3) is 3.80. The second-order valence-electron chi connectivity index (χ2n) is 5.04. The van der Waals surface area contributed by atoms with Crippen molar-refractivity contribution in [1.82, 2.24) is 9.97 Å². The van der Waals surface area contributed by atoms with E-state index in [4.69, 9.17) is 4.98 Å². The molecule has 0 radical (unpaired) electrons. The lowest BCUT2D eigenvalue weighted by Gasteiger charge is -2.14. The van der Waals surface area contributed by atoms with Crippen LogP contribution in [0.2, 0.25) is 0 Å². The Morgan fingerprint density at radius 2 is 2.00 bits per heavy atom. The van der Waals surface area contributed by atoms with Gasteiger partial charge in [0, 0.05) is 18.7 Å². The molecule has 0 aliphatic heterocycles. The van der Waals surface area contributed by atoms with Gasteiger partial charge in [0.05, 0.1) is 3.57 Å². The molecule has 1 heterocycles. The van der Waals surface area contributed by atoms with Crippen molar-refractivity contribution in [2.75, 3.05) is 11.9 Å². The highest BCUT2D eigenvalue weighted by Gasteiger charge is 2.18. The van der Waals surface area contributed by atoms with Gasteiger partial charge < -0.3 is 5.32 Å². The maximum absolute atomic E-state index is 4.75. The first-order chi connectivity index (χ1) is 8.81. The van der Waals surface area contributed by atoms with E-state index in [1.54, 1.807) is 0 Å². The van der Waals surface area contributed by atoms with E-state index in [2.05, 4.69) is 39.8 Å². The number of nitrogens with zero attached hydrogens (tertiary/aromatic N) is 2. The van der Waals surface area contributed by atoms with E-state index in [9.17, 15) is 0 Å². The Morgan fingerprint density at radius 3 is 2.67 bits per heavy atom. The molecule has 1 N–H and O–H groups in total. The average molecular weight is 359 g/mol.